The van der Waals surface area contributed by atoms with Gasteiger partial charge in [0.25, 0.3) is 0 Å². The van der Waals surface area contributed by atoms with Crippen LogP contribution in [0, 0.1) is 5.92 Å². The van der Waals surface area contributed by atoms with E-state index >= 15 is 0 Å². The Hall–Kier alpha value is -1.39. The van der Waals surface area contributed by atoms with Crippen LogP contribution in [0.3, 0.4) is 0 Å². The number of hydrogen-bond acceptors (Lipinski definition) is 3. The van der Waals surface area contributed by atoms with E-state index in [9.17, 15) is 14.4 Å². The first kappa shape index (κ1) is 11.7. The van der Waals surface area contributed by atoms with Crippen molar-refractivity contribution in [3.63, 3.8) is 0 Å². The maximum Gasteiger partial charge on any atom is 0.232 e. The quantitative estimate of drug-likeness (QED) is 0.509. The summed E-state index contributed by atoms with van der Waals surface area (Å²) in [6, 6.07) is -0.0530. The van der Waals surface area contributed by atoms with Gasteiger partial charge in [-0.05, 0) is 6.92 Å². The van der Waals surface area contributed by atoms with Gasteiger partial charge in [0, 0.05) is 25.0 Å². The lowest BCUT2D eigenvalue weighted by atomic mass is 10.2. The number of carbonyl (C=O) groups excluding carboxylic acids is 3. The molecule has 0 bridgehead atoms. The Kier molecular flexibility index (Phi) is 3.82. The molecule has 0 aromatic heterocycles. The van der Waals surface area contributed by atoms with Gasteiger partial charge in [-0.25, -0.2) is 0 Å². The lowest BCUT2D eigenvalue weighted by molar-refractivity contribution is -0.134. The lowest BCUT2D eigenvalue weighted by Gasteiger charge is -2.23. The third kappa shape index (κ3) is 3.34. The van der Waals surface area contributed by atoms with Crippen molar-refractivity contribution in [2.45, 2.75) is 26.3 Å². The molecule has 1 aliphatic rings. The standard InChI is InChI=1S/C10H16N2O3/c1-7(6-13)4-12-5-8(2)11-9(14)3-10(12)15/h6-8H,3-5H2,1-2H3,(H,11,14). The molecule has 84 valence electrons. The third-order valence-corrected chi connectivity index (χ3v) is 2.31. The summed E-state index contributed by atoms with van der Waals surface area (Å²) in [4.78, 5) is 34.8. The first-order valence-electron chi connectivity index (χ1n) is 5.05. The van der Waals surface area contributed by atoms with Crippen LogP contribution in [0.4, 0.5) is 0 Å². The summed E-state index contributed by atoms with van der Waals surface area (Å²) >= 11 is 0. The van der Waals surface area contributed by atoms with Crippen molar-refractivity contribution in [3.8, 4) is 0 Å². The van der Waals surface area contributed by atoms with E-state index in [4.69, 9.17) is 0 Å². The molecule has 1 aliphatic heterocycles. The highest BCUT2D eigenvalue weighted by Crippen LogP contribution is 2.05. The first-order valence-corrected chi connectivity index (χ1v) is 5.05. The Morgan fingerprint density at radius 2 is 2.27 bits per heavy atom. The monoisotopic (exact) mass is 212 g/mol. The number of rotatable bonds is 3. The zero-order chi connectivity index (χ0) is 11.4. The van der Waals surface area contributed by atoms with E-state index in [2.05, 4.69) is 5.32 Å². The highest BCUT2D eigenvalue weighted by Gasteiger charge is 2.25. The van der Waals surface area contributed by atoms with Crippen LogP contribution in [0.15, 0.2) is 0 Å². The van der Waals surface area contributed by atoms with Gasteiger partial charge in [0.05, 0.1) is 0 Å². The number of aldehydes is 1. The Labute approximate surface area is 88.8 Å². The average Bonchev–Trinajstić information content (AvgIpc) is 2.25. The van der Waals surface area contributed by atoms with Crippen molar-refractivity contribution >= 4 is 18.1 Å². The number of nitrogens with one attached hydrogen (secondary N) is 1. The van der Waals surface area contributed by atoms with Crippen molar-refractivity contribution in [1.82, 2.24) is 10.2 Å². The van der Waals surface area contributed by atoms with E-state index in [1.54, 1.807) is 11.8 Å². The molecule has 0 aromatic rings. The molecule has 1 heterocycles. The maximum absolute atomic E-state index is 11.6. The van der Waals surface area contributed by atoms with Crippen LogP contribution < -0.4 is 5.32 Å². The van der Waals surface area contributed by atoms with Crippen molar-refractivity contribution < 1.29 is 14.4 Å². The largest absolute Gasteiger partial charge is 0.351 e. The van der Waals surface area contributed by atoms with Gasteiger partial charge in [0.15, 0.2) is 0 Å². The molecule has 0 aromatic carbocycles. The molecular formula is C10H16N2O3. The second kappa shape index (κ2) is 4.91. The Morgan fingerprint density at radius 1 is 1.60 bits per heavy atom. The van der Waals surface area contributed by atoms with Gasteiger partial charge >= 0.3 is 0 Å². The molecule has 1 saturated heterocycles. The topological polar surface area (TPSA) is 66.5 Å². The van der Waals surface area contributed by atoms with E-state index in [1.807, 2.05) is 6.92 Å². The Balaban J connectivity index is 2.65. The predicted octanol–water partition coefficient (Wildman–Crippen LogP) is -0.442. The predicted molar refractivity (Wildman–Crippen MR) is 54.0 cm³/mol. The van der Waals surface area contributed by atoms with Gasteiger partial charge in [-0.2, -0.15) is 0 Å². The van der Waals surface area contributed by atoms with Gasteiger partial charge in [-0.15, -0.1) is 0 Å². The van der Waals surface area contributed by atoms with E-state index in [1.165, 1.54) is 0 Å². The number of nitrogens with zero attached hydrogens (tertiary/aromatic N) is 1. The van der Waals surface area contributed by atoms with Crippen molar-refractivity contribution in [2.24, 2.45) is 5.92 Å². The summed E-state index contributed by atoms with van der Waals surface area (Å²) in [5.74, 6) is -0.631. The van der Waals surface area contributed by atoms with Gasteiger partial charge in [-0.3, -0.25) is 9.59 Å². The molecule has 1 rings (SSSR count). The Morgan fingerprint density at radius 3 is 2.87 bits per heavy atom. The fraction of sp³-hybridized carbons (Fsp3) is 0.700. The zero-order valence-corrected chi connectivity index (χ0v) is 9.03. The molecule has 5 heteroatoms. The van der Waals surface area contributed by atoms with E-state index in [0.29, 0.717) is 13.1 Å². The van der Waals surface area contributed by atoms with Crippen molar-refractivity contribution in [2.75, 3.05) is 13.1 Å². The van der Waals surface area contributed by atoms with Crippen molar-refractivity contribution in [1.29, 1.82) is 0 Å². The molecule has 0 aliphatic carbocycles. The van der Waals surface area contributed by atoms with Crippen LogP contribution in [0.2, 0.25) is 0 Å². The van der Waals surface area contributed by atoms with E-state index in [0.717, 1.165) is 6.29 Å². The summed E-state index contributed by atoms with van der Waals surface area (Å²) in [6.45, 7) is 4.46. The molecule has 2 unspecified atom stereocenters. The normalized spacial score (nSPS) is 24.4. The fourth-order valence-corrected chi connectivity index (χ4v) is 1.62. The number of hydrogen-bond donors (Lipinski definition) is 1. The van der Waals surface area contributed by atoms with Crippen LogP contribution in [-0.4, -0.2) is 42.1 Å². The van der Waals surface area contributed by atoms with Crippen LogP contribution in [-0.2, 0) is 14.4 Å². The van der Waals surface area contributed by atoms with Crippen LogP contribution in [0.5, 0.6) is 0 Å². The average molecular weight is 212 g/mol. The van der Waals surface area contributed by atoms with E-state index in [-0.39, 0.29) is 30.2 Å². The summed E-state index contributed by atoms with van der Waals surface area (Å²) in [5, 5.41) is 2.70. The van der Waals surface area contributed by atoms with Crippen LogP contribution in [0.1, 0.15) is 20.3 Å². The lowest BCUT2D eigenvalue weighted by Crippen LogP contribution is -2.40. The molecule has 1 fully saturated rings. The second-order valence-electron chi connectivity index (χ2n) is 4.06. The molecule has 0 radical (unpaired) electrons. The summed E-state index contributed by atoms with van der Waals surface area (Å²) in [6.07, 6.45) is 0.702. The summed E-state index contributed by atoms with van der Waals surface area (Å²) in [7, 11) is 0. The number of amides is 2. The molecule has 0 spiro atoms. The van der Waals surface area contributed by atoms with Crippen LogP contribution >= 0.6 is 0 Å². The summed E-state index contributed by atoms with van der Waals surface area (Å²) < 4.78 is 0. The van der Waals surface area contributed by atoms with Gasteiger partial charge in [0.2, 0.25) is 11.8 Å². The van der Waals surface area contributed by atoms with Crippen LogP contribution in [0.25, 0.3) is 0 Å². The smallest absolute Gasteiger partial charge is 0.232 e. The molecule has 2 atom stereocenters. The van der Waals surface area contributed by atoms with Gasteiger partial charge < -0.3 is 15.0 Å². The number of carbonyl (C=O) groups is 3. The third-order valence-electron chi connectivity index (χ3n) is 2.31. The van der Waals surface area contributed by atoms with Gasteiger partial charge in [0.1, 0.15) is 12.7 Å². The summed E-state index contributed by atoms with van der Waals surface area (Å²) in [5.41, 5.74) is 0. The molecular weight excluding hydrogens is 196 g/mol. The second-order valence-corrected chi connectivity index (χ2v) is 4.06. The molecule has 15 heavy (non-hydrogen) atoms. The molecule has 1 N–H and O–H groups in total. The molecule has 2 amide bonds. The Bertz CT molecular complexity index is 278. The highest BCUT2D eigenvalue weighted by molar-refractivity contribution is 5.97. The van der Waals surface area contributed by atoms with Gasteiger partial charge in [-0.1, -0.05) is 6.92 Å². The fourth-order valence-electron chi connectivity index (χ4n) is 1.62. The highest BCUT2D eigenvalue weighted by atomic mass is 16.2. The maximum atomic E-state index is 11.6. The van der Waals surface area contributed by atoms with E-state index < -0.39 is 0 Å². The minimum absolute atomic E-state index is 0.0530. The molecule has 5 nitrogen and oxygen atoms in total. The first-order chi connectivity index (χ1) is 7.02. The minimum Gasteiger partial charge on any atom is -0.351 e. The zero-order valence-electron chi connectivity index (χ0n) is 9.03. The van der Waals surface area contributed by atoms with Crippen molar-refractivity contribution in [3.05, 3.63) is 0 Å². The molecule has 0 saturated carbocycles. The SMILES string of the molecule is CC(C=O)CN1CC(C)NC(=O)CC1=O. The minimum atomic E-state index is -0.242.